The van der Waals surface area contributed by atoms with Crippen LogP contribution in [0.2, 0.25) is 0 Å². The first kappa shape index (κ1) is 12.2. The van der Waals surface area contributed by atoms with Crippen molar-refractivity contribution in [3.63, 3.8) is 0 Å². The summed E-state index contributed by atoms with van der Waals surface area (Å²) in [7, 11) is -3.16. The summed E-state index contributed by atoms with van der Waals surface area (Å²) in [5.41, 5.74) is 0. The molecule has 15 heavy (non-hydrogen) atoms. The Morgan fingerprint density at radius 3 is 2.47 bits per heavy atom. The molecule has 0 aromatic rings. The normalized spacial score (nSPS) is 23.9. The van der Waals surface area contributed by atoms with Gasteiger partial charge in [-0.25, -0.2) is 8.42 Å². The summed E-state index contributed by atoms with van der Waals surface area (Å²) < 4.78 is 24.1. The van der Waals surface area contributed by atoms with E-state index in [1.807, 2.05) is 0 Å². The fraction of sp³-hybridized carbons (Fsp3) is 0.667. The molecule has 1 aliphatic rings. The lowest BCUT2D eigenvalue weighted by Crippen LogP contribution is -2.54. The van der Waals surface area contributed by atoms with Gasteiger partial charge >= 0.3 is 0 Å². The van der Waals surface area contributed by atoms with Crippen LogP contribution in [0.15, 0.2) is 12.7 Å². The molecule has 0 N–H and O–H groups in total. The van der Waals surface area contributed by atoms with E-state index in [0.717, 1.165) is 0 Å². The van der Waals surface area contributed by atoms with Crippen LogP contribution in [0.1, 0.15) is 6.92 Å². The summed E-state index contributed by atoms with van der Waals surface area (Å²) in [6, 6.07) is -0.169. The minimum Gasteiger partial charge on any atom is -0.336 e. The van der Waals surface area contributed by atoms with E-state index in [4.69, 9.17) is 0 Å². The number of nitrogens with zero attached hydrogens (tertiary/aromatic N) is 2. The lowest BCUT2D eigenvalue weighted by Gasteiger charge is -2.37. The molecule has 1 saturated heterocycles. The smallest absolute Gasteiger partial charge is 0.246 e. The number of amides is 1. The van der Waals surface area contributed by atoms with Gasteiger partial charge in [-0.15, -0.1) is 0 Å². The molecule has 1 rings (SSSR count). The molecule has 0 unspecified atom stereocenters. The monoisotopic (exact) mass is 232 g/mol. The van der Waals surface area contributed by atoms with Crippen molar-refractivity contribution in [3.8, 4) is 0 Å². The quantitative estimate of drug-likeness (QED) is 0.612. The minimum atomic E-state index is -3.16. The Kier molecular flexibility index (Phi) is 3.51. The first-order chi connectivity index (χ1) is 6.86. The zero-order valence-corrected chi connectivity index (χ0v) is 9.83. The Balaban J connectivity index is 2.71. The number of hydrogen-bond acceptors (Lipinski definition) is 3. The van der Waals surface area contributed by atoms with Crippen molar-refractivity contribution in [2.24, 2.45) is 0 Å². The zero-order chi connectivity index (χ0) is 11.6. The number of piperazine rings is 1. The van der Waals surface area contributed by atoms with Crippen molar-refractivity contribution in [2.45, 2.75) is 13.0 Å². The van der Waals surface area contributed by atoms with Crippen LogP contribution in [0.4, 0.5) is 0 Å². The van der Waals surface area contributed by atoms with E-state index < -0.39 is 10.0 Å². The maximum Gasteiger partial charge on any atom is 0.246 e. The fourth-order valence-electron chi connectivity index (χ4n) is 1.76. The molecule has 0 saturated carbocycles. The molecule has 0 spiro atoms. The minimum absolute atomic E-state index is 0.144. The predicted molar refractivity (Wildman–Crippen MR) is 57.8 cm³/mol. The molecule has 1 heterocycles. The van der Waals surface area contributed by atoms with Gasteiger partial charge in [-0.2, -0.15) is 4.31 Å². The van der Waals surface area contributed by atoms with Gasteiger partial charge in [-0.1, -0.05) is 6.58 Å². The van der Waals surface area contributed by atoms with Gasteiger partial charge in [-0.3, -0.25) is 4.79 Å². The Morgan fingerprint density at radius 1 is 1.47 bits per heavy atom. The van der Waals surface area contributed by atoms with E-state index >= 15 is 0 Å². The van der Waals surface area contributed by atoms with Crippen molar-refractivity contribution >= 4 is 15.9 Å². The second kappa shape index (κ2) is 4.32. The third-order valence-corrected chi connectivity index (χ3v) is 3.87. The van der Waals surface area contributed by atoms with Gasteiger partial charge < -0.3 is 4.90 Å². The summed E-state index contributed by atoms with van der Waals surface area (Å²) in [6.07, 6.45) is 2.44. The maximum atomic E-state index is 11.3. The molecule has 0 aromatic heterocycles. The molecule has 1 atom stereocenters. The van der Waals surface area contributed by atoms with E-state index in [9.17, 15) is 13.2 Å². The van der Waals surface area contributed by atoms with Gasteiger partial charge in [0.1, 0.15) is 0 Å². The molecular weight excluding hydrogens is 216 g/mol. The van der Waals surface area contributed by atoms with E-state index in [-0.39, 0.29) is 11.9 Å². The third kappa shape index (κ3) is 2.79. The van der Waals surface area contributed by atoms with Gasteiger partial charge in [0.15, 0.2) is 0 Å². The van der Waals surface area contributed by atoms with Crippen molar-refractivity contribution < 1.29 is 13.2 Å². The van der Waals surface area contributed by atoms with Gasteiger partial charge in [0, 0.05) is 25.7 Å². The molecule has 1 fully saturated rings. The predicted octanol–water partition coefficient (Wildman–Crippen LogP) is -0.335. The Hall–Kier alpha value is -0.880. The first-order valence-corrected chi connectivity index (χ1v) is 6.59. The zero-order valence-electron chi connectivity index (χ0n) is 9.01. The van der Waals surface area contributed by atoms with E-state index in [0.29, 0.717) is 19.6 Å². The molecule has 0 aliphatic carbocycles. The molecule has 0 bridgehead atoms. The molecular formula is C9H16N2O3S. The number of carbonyl (C=O) groups is 1. The standard InChI is InChI=1S/C9H16N2O3S/c1-4-9(12)10-5-6-11(8(2)7-10)15(3,13)14/h4,8H,1,5-7H2,2-3H3/t8-/m0/s1. The molecule has 1 aliphatic heterocycles. The highest BCUT2D eigenvalue weighted by atomic mass is 32.2. The van der Waals surface area contributed by atoms with E-state index in [2.05, 4.69) is 6.58 Å². The number of hydrogen-bond donors (Lipinski definition) is 0. The third-order valence-electron chi connectivity index (χ3n) is 2.48. The lowest BCUT2D eigenvalue weighted by molar-refractivity contribution is -0.127. The summed E-state index contributed by atoms with van der Waals surface area (Å²) in [4.78, 5) is 12.9. The van der Waals surface area contributed by atoms with Crippen LogP contribution in [-0.2, 0) is 14.8 Å². The van der Waals surface area contributed by atoms with Gasteiger partial charge in [-0.05, 0) is 13.0 Å². The SMILES string of the molecule is C=CC(=O)N1CCN(S(C)(=O)=O)[C@@H](C)C1. The Labute approximate surface area is 90.4 Å². The van der Waals surface area contributed by atoms with Crippen molar-refractivity contribution in [1.82, 2.24) is 9.21 Å². The largest absolute Gasteiger partial charge is 0.336 e. The average Bonchev–Trinajstić information content (AvgIpc) is 2.14. The number of rotatable bonds is 2. The second-order valence-electron chi connectivity index (χ2n) is 3.71. The van der Waals surface area contributed by atoms with Crippen LogP contribution >= 0.6 is 0 Å². The molecule has 5 nitrogen and oxygen atoms in total. The van der Waals surface area contributed by atoms with E-state index in [1.54, 1.807) is 11.8 Å². The highest BCUT2D eigenvalue weighted by Crippen LogP contribution is 2.13. The molecule has 0 aromatic carbocycles. The summed E-state index contributed by atoms with van der Waals surface area (Å²) in [5.74, 6) is -0.144. The number of sulfonamides is 1. The van der Waals surface area contributed by atoms with Crippen molar-refractivity contribution in [3.05, 3.63) is 12.7 Å². The van der Waals surface area contributed by atoms with Crippen LogP contribution in [0.25, 0.3) is 0 Å². The van der Waals surface area contributed by atoms with Crippen LogP contribution in [0, 0.1) is 0 Å². The highest BCUT2D eigenvalue weighted by molar-refractivity contribution is 7.88. The van der Waals surface area contributed by atoms with Crippen molar-refractivity contribution in [1.29, 1.82) is 0 Å². The van der Waals surface area contributed by atoms with Crippen LogP contribution in [-0.4, -0.2) is 55.5 Å². The van der Waals surface area contributed by atoms with Crippen LogP contribution in [0.5, 0.6) is 0 Å². The Bertz CT molecular complexity index is 364. The van der Waals surface area contributed by atoms with Gasteiger partial charge in [0.2, 0.25) is 15.9 Å². The topological polar surface area (TPSA) is 57.7 Å². The molecule has 0 radical (unpaired) electrons. The first-order valence-electron chi connectivity index (χ1n) is 4.74. The lowest BCUT2D eigenvalue weighted by atomic mass is 10.2. The van der Waals surface area contributed by atoms with Crippen LogP contribution in [0.3, 0.4) is 0 Å². The summed E-state index contributed by atoms with van der Waals surface area (Å²) in [6.45, 7) is 6.42. The second-order valence-corrected chi connectivity index (χ2v) is 5.65. The van der Waals surface area contributed by atoms with Gasteiger partial charge in [0.25, 0.3) is 0 Å². The van der Waals surface area contributed by atoms with Crippen LogP contribution < -0.4 is 0 Å². The molecule has 1 amide bonds. The fourth-order valence-corrected chi connectivity index (χ4v) is 2.90. The number of carbonyl (C=O) groups excluding carboxylic acids is 1. The highest BCUT2D eigenvalue weighted by Gasteiger charge is 2.30. The van der Waals surface area contributed by atoms with Gasteiger partial charge in [0.05, 0.1) is 6.26 Å². The molecule has 86 valence electrons. The summed E-state index contributed by atoms with van der Waals surface area (Å²) in [5, 5.41) is 0. The Morgan fingerprint density at radius 2 is 2.07 bits per heavy atom. The summed E-state index contributed by atoms with van der Waals surface area (Å²) >= 11 is 0. The molecule has 6 heteroatoms. The maximum absolute atomic E-state index is 11.3. The average molecular weight is 232 g/mol. The van der Waals surface area contributed by atoms with Crippen molar-refractivity contribution in [2.75, 3.05) is 25.9 Å². The van der Waals surface area contributed by atoms with E-state index in [1.165, 1.54) is 16.6 Å².